The van der Waals surface area contributed by atoms with Crippen LogP contribution in [0.1, 0.15) is 25.3 Å². The Bertz CT molecular complexity index is 560. The molecule has 2 rings (SSSR count). The first-order valence-corrected chi connectivity index (χ1v) is 5.51. The van der Waals surface area contributed by atoms with Gasteiger partial charge in [0.2, 0.25) is 0 Å². The first kappa shape index (κ1) is 11.6. The van der Waals surface area contributed by atoms with Crippen LogP contribution in [0.25, 0.3) is 11.0 Å². The van der Waals surface area contributed by atoms with Crippen molar-refractivity contribution in [1.29, 1.82) is 0 Å². The van der Waals surface area contributed by atoms with Crippen molar-refractivity contribution < 1.29 is 9.90 Å². The number of carbonyl (C=O) groups is 1. The standard InChI is InChI=1S/C12H15N3O2/c1-7(2)10(12(16)17)8-4-9-6-14-15(3)11(9)13-5-8/h4-7,10H,1-3H3,(H,16,17). The molecule has 0 aliphatic rings. The Morgan fingerprint density at radius 1 is 1.41 bits per heavy atom. The van der Waals surface area contributed by atoms with Gasteiger partial charge in [-0.2, -0.15) is 5.10 Å². The highest BCUT2D eigenvalue weighted by molar-refractivity contribution is 5.80. The molecule has 90 valence electrons. The van der Waals surface area contributed by atoms with Gasteiger partial charge in [0, 0.05) is 18.6 Å². The summed E-state index contributed by atoms with van der Waals surface area (Å²) in [7, 11) is 1.81. The summed E-state index contributed by atoms with van der Waals surface area (Å²) in [6, 6.07) is 1.86. The van der Waals surface area contributed by atoms with Crippen LogP contribution in [0.2, 0.25) is 0 Å². The van der Waals surface area contributed by atoms with E-state index in [0.717, 1.165) is 16.6 Å². The Kier molecular flexibility index (Phi) is 2.83. The molecule has 17 heavy (non-hydrogen) atoms. The van der Waals surface area contributed by atoms with Crippen molar-refractivity contribution in [2.24, 2.45) is 13.0 Å². The Hall–Kier alpha value is -1.91. The summed E-state index contributed by atoms with van der Waals surface area (Å²) in [6.45, 7) is 3.79. The quantitative estimate of drug-likeness (QED) is 0.877. The average molecular weight is 233 g/mol. The second-order valence-electron chi connectivity index (χ2n) is 4.51. The molecule has 1 N–H and O–H groups in total. The molecular weight excluding hydrogens is 218 g/mol. The molecule has 0 amide bonds. The molecule has 0 radical (unpaired) electrons. The van der Waals surface area contributed by atoms with Gasteiger partial charge in [-0.15, -0.1) is 0 Å². The maximum atomic E-state index is 11.2. The molecular formula is C12H15N3O2. The van der Waals surface area contributed by atoms with Crippen LogP contribution in [0.4, 0.5) is 0 Å². The van der Waals surface area contributed by atoms with E-state index in [1.807, 2.05) is 27.0 Å². The van der Waals surface area contributed by atoms with Crippen LogP contribution >= 0.6 is 0 Å². The Labute approximate surface area is 99.1 Å². The van der Waals surface area contributed by atoms with Crippen LogP contribution in [-0.2, 0) is 11.8 Å². The summed E-state index contributed by atoms with van der Waals surface area (Å²) in [4.78, 5) is 15.5. The Morgan fingerprint density at radius 2 is 2.12 bits per heavy atom. The minimum absolute atomic E-state index is 0.0309. The van der Waals surface area contributed by atoms with Crippen LogP contribution in [0.5, 0.6) is 0 Å². The van der Waals surface area contributed by atoms with Crippen molar-refractivity contribution in [2.75, 3.05) is 0 Å². The number of hydrogen-bond acceptors (Lipinski definition) is 3. The first-order chi connectivity index (χ1) is 8.00. The van der Waals surface area contributed by atoms with Gasteiger partial charge >= 0.3 is 5.97 Å². The molecule has 0 aromatic carbocycles. The summed E-state index contributed by atoms with van der Waals surface area (Å²) in [5, 5.41) is 14.2. The van der Waals surface area contributed by atoms with Crippen LogP contribution in [0, 0.1) is 5.92 Å². The molecule has 0 spiro atoms. The second kappa shape index (κ2) is 4.16. The zero-order chi connectivity index (χ0) is 12.6. The highest BCUT2D eigenvalue weighted by Crippen LogP contribution is 2.26. The zero-order valence-corrected chi connectivity index (χ0v) is 10.1. The van der Waals surface area contributed by atoms with Gasteiger partial charge < -0.3 is 5.11 Å². The van der Waals surface area contributed by atoms with Crippen molar-refractivity contribution in [3.05, 3.63) is 24.0 Å². The maximum Gasteiger partial charge on any atom is 0.311 e. The molecule has 5 heteroatoms. The van der Waals surface area contributed by atoms with Gasteiger partial charge in [0.15, 0.2) is 5.65 Å². The van der Waals surface area contributed by atoms with E-state index < -0.39 is 11.9 Å². The molecule has 0 aliphatic heterocycles. The lowest BCUT2D eigenvalue weighted by Gasteiger charge is -2.16. The van der Waals surface area contributed by atoms with Gasteiger partial charge in [-0.1, -0.05) is 13.8 Å². The molecule has 0 aliphatic carbocycles. The Balaban J connectivity index is 2.51. The number of aromatic nitrogens is 3. The van der Waals surface area contributed by atoms with Gasteiger partial charge in [-0.3, -0.25) is 9.48 Å². The van der Waals surface area contributed by atoms with E-state index in [0.29, 0.717) is 0 Å². The second-order valence-corrected chi connectivity index (χ2v) is 4.51. The average Bonchev–Trinajstić information content (AvgIpc) is 2.59. The normalized spacial score (nSPS) is 13.2. The van der Waals surface area contributed by atoms with Crippen molar-refractivity contribution in [3.8, 4) is 0 Å². The monoisotopic (exact) mass is 233 g/mol. The van der Waals surface area contributed by atoms with Gasteiger partial charge in [0.25, 0.3) is 0 Å². The predicted molar refractivity (Wildman–Crippen MR) is 63.7 cm³/mol. The molecule has 1 atom stereocenters. The van der Waals surface area contributed by atoms with E-state index in [4.69, 9.17) is 0 Å². The van der Waals surface area contributed by atoms with Crippen LogP contribution in [0.3, 0.4) is 0 Å². The topological polar surface area (TPSA) is 68.0 Å². The molecule has 1 unspecified atom stereocenters. The van der Waals surface area contributed by atoms with Crippen LogP contribution in [0.15, 0.2) is 18.5 Å². The first-order valence-electron chi connectivity index (χ1n) is 5.51. The lowest BCUT2D eigenvalue weighted by Crippen LogP contribution is -2.17. The summed E-state index contributed by atoms with van der Waals surface area (Å²) in [6.07, 6.45) is 3.33. The highest BCUT2D eigenvalue weighted by atomic mass is 16.4. The SMILES string of the molecule is CC(C)C(C(=O)O)c1cnc2c(cnn2C)c1. The molecule has 0 saturated carbocycles. The van der Waals surface area contributed by atoms with E-state index in [-0.39, 0.29) is 5.92 Å². The van der Waals surface area contributed by atoms with E-state index >= 15 is 0 Å². The van der Waals surface area contributed by atoms with Gasteiger partial charge in [0.05, 0.1) is 12.1 Å². The van der Waals surface area contributed by atoms with Crippen molar-refractivity contribution in [2.45, 2.75) is 19.8 Å². The number of fused-ring (bicyclic) bond motifs is 1. The largest absolute Gasteiger partial charge is 0.481 e. The molecule has 0 saturated heterocycles. The Morgan fingerprint density at radius 3 is 2.71 bits per heavy atom. The van der Waals surface area contributed by atoms with Crippen LogP contribution in [-0.4, -0.2) is 25.8 Å². The van der Waals surface area contributed by atoms with Crippen LogP contribution < -0.4 is 0 Å². The lowest BCUT2D eigenvalue weighted by atomic mass is 9.89. The van der Waals surface area contributed by atoms with E-state index in [1.54, 1.807) is 17.1 Å². The third kappa shape index (κ3) is 2.00. The van der Waals surface area contributed by atoms with E-state index in [9.17, 15) is 9.90 Å². The molecule has 0 fully saturated rings. The van der Waals surface area contributed by atoms with Gasteiger partial charge in [0.1, 0.15) is 0 Å². The number of aliphatic carboxylic acids is 1. The lowest BCUT2D eigenvalue weighted by molar-refractivity contribution is -0.139. The van der Waals surface area contributed by atoms with Crippen molar-refractivity contribution in [3.63, 3.8) is 0 Å². The zero-order valence-electron chi connectivity index (χ0n) is 10.1. The van der Waals surface area contributed by atoms with Crippen molar-refractivity contribution >= 4 is 17.0 Å². The predicted octanol–water partition coefficient (Wildman–Crippen LogP) is 1.79. The molecule has 2 heterocycles. The summed E-state index contributed by atoms with van der Waals surface area (Å²) in [5.41, 5.74) is 1.50. The molecule has 5 nitrogen and oxygen atoms in total. The number of pyridine rings is 1. The highest BCUT2D eigenvalue weighted by Gasteiger charge is 2.24. The number of carboxylic acid groups (broad SMARTS) is 1. The van der Waals surface area contributed by atoms with Gasteiger partial charge in [-0.25, -0.2) is 4.98 Å². The minimum atomic E-state index is -0.815. The third-order valence-corrected chi connectivity index (χ3v) is 2.88. The number of aryl methyl sites for hydroxylation is 1. The number of hydrogen-bond donors (Lipinski definition) is 1. The number of nitrogens with zero attached hydrogens (tertiary/aromatic N) is 3. The summed E-state index contributed by atoms with van der Waals surface area (Å²) < 4.78 is 1.67. The van der Waals surface area contributed by atoms with E-state index in [1.165, 1.54) is 0 Å². The van der Waals surface area contributed by atoms with Crippen molar-refractivity contribution in [1.82, 2.24) is 14.8 Å². The molecule has 2 aromatic heterocycles. The fourth-order valence-electron chi connectivity index (χ4n) is 2.04. The minimum Gasteiger partial charge on any atom is -0.481 e. The number of rotatable bonds is 3. The fourth-order valence-corrected chi connectivity index (χ4v) is 2.04. The van der Waals surface area contributed by atoms with Gasteiger partial charge in [-0.05, 0) is 17.5 Å². The number of carboxylic acids is 1. The third-order valence-electron chi connectivity index (χ3n) is 2.88. The summed E-state index contributed by atoms with van der Waals surface area (Å²) >= 11 is 0. The maximum absolute atomic E-state index is 11.2. The van der Waals surface area contributed by atoms with E-state index in [2.05, 4.69) is 10.1 Å². The molecule has 0 bridgehead atoms. The smallest absolute Gasteiger partial charge is 0.311 e. The fraction of sp³-hybridized carbons (Fsp3) is 0.417. The molecule has 2 aromatic rings. The summed E-state index contributed by atoms with van der Waals surface area (Å²) in [5.74, 6) is -1.31.